The van der Waals surface area contributed by atoms with Crippen LogP contribution in [0.4, 0.5) is 5.82 Å². The SMILES string of the molecule is C[C@@H](OCc1ccccc1)C(=O)NCCNc1ncc(Cl)cc1Cl. The number of benzene rings is 1. The van der Waals surface area contributed by atoms with Gasteiger partial charge in [-0.2, -0.15) is 0 Å². The monoisotopic (exact) mass is 367 g/mol. The van der Waals surface area contributed by atoms with Gasteiger partial charge in [0, 0.05) is 19.3 Å². The van der Waals surface area contributed by atoms with Gasteiger partial charge in [0.05, 0.1) is 16.7 Å². The lowest BCUT2D eigenvalue weighted by Crippen LogP contribution is -2.37. The Morgan fingerprint density at radius 3 is 2.71 bits per heavy atom. The zero-order valence-corrected chi connectivity index (χ0v) is 14.8. The van der Waals surface area contributed by atoms with E-state index in [-0.39, 0.29) is 5.91 Å². The van der Waals surface area contributed by atoms with Crippen LogP contribution in [0.25, 0.3) is 0 Å². The van der Waals surface area contributed by atoms with Gasteiger partial charge in [-0.05, 0) is 18.6 Å². The number of hydrogen-bond acceptors (Lipinski definition) is 4. The van der Waals surface area contributed by atoms with Crippen molar-refractivity contribution in [2.24, 2.45) is 0 Å². The molecule has 2 aromatic rings. The van der Waals surface area contributed by atoms with Crippen LogP contribution in [0.3, 0.4) is 0 Å². The number of rotatable bonds is 8. The van der Waals surface area contributed by atoms with E-state index in [4.69, 9.17) is 27.9 Å². The van der Waals surface area contributed by atoms with Crippen LogP contribution in [0.15, 0.2) is 42.6 Å². The molecule has 1 amide bonds. The lowest BCUT2D eigenvalue weighted by atomic mass is 10.2. The molecule has 0 saturated carbocycles. The predicted molar refractivity (Wildman–Crippen MR) is 96.4 cm³/mol. The quantitative estimate of drug-likeness (QED) is 0.700. The third-order valence-electron chi connectivity index (χ3n) is 3.24. The van der Waals surface area contributed by atoms with E-state index in [1.165, 1.54) is 6.20 Å². The highest BCUT2D eigenvalue weighted by molar-refractivity contribution is 6.35. The van der Waals surface area contributed by atoms with E-state index in [9.17, 15) is 4.79 Å². The zero-order chi connectivity index (χ0) is 17.4. The number of amides is 1. The van der Waals surface area contributed by atoms with E-state index in [1.54, 1.807) is 13.0 Å². The van der Waals surface area contributed by atoms with Gasteiger partial charge < -0.3 is 15.4 Å². The average Bonchev–Trinajstić information content (AvgIpc) is 2.58. The molecule has 0 radical (unpaired) electrons. The first kappa shape index (κ1) is 18.5. The van der Waals surface area contributed by atoms with Crippen molar-refractivity contribution in [2.45, 2.75) is 19.6 Å². The van der Waals surface area contributed by atoms with E-state index in [1.807, 2.05) is 30.3 Å². The molecule has 0 fully saturated rings. The summed E-state index contributed by atoms with van der Waals surface area (Å²) in [5, 5.41) is 6.75. The van der Waals surface area contributed by atoms with Crippen molar-refractivity contribution >= 4 is 34.9 Å². The van der Waals surface area contributed by atoms with Crippen molar-refractivity contribution in [1.82, 2.24) is 10.3 Å². The van der Waals surface area contributed by atoms with E-state index in [0.717, 1.165) is 5.56 Å². The molecular weight excluding hydrogens is 349 g/mol. The van der Waals surface area contributed by atoms with Crippen LogP contribution in [0.2, 0.25) is 10.0 Å². The summed E-state index contributed by atoms with van der Waals surface area (Å²) in [5.74, 6) is 0.367. The number of hydrogen-bond donors (Lipinski definition) is 2. The highest BCUT2D eigenvalue weighted by atomic mass is 35.5. The molecule has 0 spiro atoms. The van der Waals surface area contributed by atoms with Crippen molar-refractivity contribution in [1.29, 1.82) is 0 Å². The highest BCUT2D eigenvalue weighted by Crippen LogP contribution is 2.21. The first-order valence-electron chi connectivity index (χ1n) is 7.54. The Hall–Kier alpha value is -1.82. The number of anilines is 1. The molecule has 1 atom stereocenters. The maximum Gasteiger partial charge on any atom is 0.248 e. The fraction of sp³-hybridized carbons (Fsp3) is 0.294. The summed E-state index contributed by atoms with van der Waals surface area (Å²) in [5.41, 5.74) is 1.03. The predicted octanol–water partition coefficient (Wildman–Crippen LogP) is 3.52. The number of carbonyl (C=O) groups excluding carboxylic acids is 1. The second kappa shape index (κ2) is 9.47. The van der Waals surface area contributed by atoms with Crippen LogP contribution in [0.1, 0.15) is 12.5 Å². The average molecular weight is 368 g/mol. The maximum atomic E-state index is 12.0. The van der Waals surface area contributed by atoms with E-state index < -0.39 is 6.10 Å². The first-order chi connectivity index (χ1) is 11.6. The van der Waals surface area contributed by atoms with Crippen LogP contribution in [-0.4, -0.2) is 30.1 Å². The molecule has 1 heterocycles. The van der Waals surface area contributed by atoms with Gasteiger partial charge in [0.15, 0.2) is 0 Å². The van der Waals surface area contributed by atoms with Crippen LogP contribution in [0.5, 0.6) is 0 Å². The number of nitrogens with one attached hydrogen (secondary N) is 2. The molecule has 0 saturated heterocycles. The third kappa shape index (κ3) is 6.00. The van der Waals surface area contributed by atoms with E-state index in [0.29, 0.717) is 35.6 Å². The van der Waals surface area contributed by atoms with Gasteiger partial charge in [0.1, 0.15) is 11.9 Å². The fourth-order valence-electron chi connectivity index (χ4n) is 1.93. The standard InChI is InChI=1S/C17H19Cl2N3O2/c1-12(24-11-13-5-3-2-4-6-13)17(23)21-8-7-20-16-15(19)9-14(18)10-22-16/h2-6,9-10,12H,7-8,11H2,1H3,(H,20,22)(H,21,23)/t12-/m1/s1. The molecule has 2 rings (SSSR count). The number of halogens is 2. The summed E-state index contributed by atoms with van der Waals surface area (Å²) in [6, 6.07) is 11.3. The second-order valence-electron chi connectivity index (χ2n) is 5.14. The second-order valence-corrected chi connectivity index (χ2v) is 5.98. The molecule has 0 aliphatic heterocycles. The number of ether oxygens (including phenoxy) is 1. The maximum absolute atomic E-state index is 12.0. The number of carbonyl (C=O) groups is 1. The summed E-state index contributed by atoms with van der Waals surface area (Å²) >= 11 is 11.8. The molecule has 24 heavy (non-hydrogen) atoms. The highest BCUT2D eigenvalue weighted by Gasteiger charge is 2.12. The van der Waals surface area contributed by atoms with Gasteiger partial charge in [-0.25, -0.2) is 4.98 Å². The Morgan fingerprint density at radius 1 is 1.25 bits per heavy atom. The Morgan fingerprint density at radius 2 is 2.00 bits per heavy atom. The van der Waals surface area contributed by atoms with Gasteiger partial charge in [0.25, 0.3) is 0 Å². The molecule has 0 bridgehead atoms. The van der Waals surface area contributed by atoms with Gasteiger partial charge >= 0.3 is 0 Å². The molecular formula is C17H19Cl2N3O2. The summed E-state index contributed by atoms with van der Waals surface area (Å²) < 4.78 is 5.56. The van der Waals surface area contributed by atoms with Gasteiger partial charge in [0.2, 0.25) is 5.91 Å². The normalized spacial score (nSPS) is 11.8. The minimum Gasteiger partial charge on any atom is -0.367 e. The molecule has 128 valence electrons. The van der Waals surface area contributed by atoms with E-state index >= 15 is 0 Å². The van der Waals surface area contributed by atoms with Crippen LogP contribution in [0, 0.1) is 0 Å². The van der Waals surface area contributed by atoms with Gasteiger partial charge in [-0.15, -0.1) is 0 Å². The Bertz CT molecular complexity index is 668. The molecule has 0 aliphatic rings. The molecule has 7 heteroatoms. The molecule has 2 N–H and O–H groups in total. The number of aromatic nitrogens is 1. The first-order valence-corrected chi connectivity index (χ1v) is 8.30. The lowest BCUT2D eigenvalue weighted by molar-refractivity contribution is -0.132. The number of nitrogens with zero attached hydrogens (tertiary/aromatic N) is 1. The largest absolute Gasteiger partial charge is 0.367 e. The Labute approximate surface area is 151 Å². The lowest BCUT2D eigenvalue weighted by Gasteiger charge is -2.14. The molecule has 0 unspecified atom stereocenters. The summed E-state index contributed by atoms with van der Waals surface area (Å²) in [4.78, 5) is 16.0. The summed E-state index contributed by atoms with van der Waals surface area (Å²) in [7, 11) is 0. The number of pyridine rings is 1. The zero-order valence-electron chi connectivity index (χ0n) is 13.3. The molecule has 0 aliphatic carbocycles. The molecule has 1 aromatic carbocycles. The van der Waals surface area contributed by atoms with Crippen LogP contribution >= 0.6 is 23.2 Å². The van der Waals surface area contributed by atoms with Crippen molar-refractivity contribution in [3.05, 3.63) is 58.2 Å². The summed E-state index contributed by atoms with van der Waals surface area (Å²) in [6.07, 6.45) is 0.982. The fourth-order valence-corrected chi connectivity index (χ4v) is 2.37. The third-order valence-corrected chi connectivity index (χ3v) is 3.73. The topological polar surface area (TPSA) is 63.2 Å². The van der Waals surface area contributed by atoms with Crippen molar-refractivity contribution in [2.75, 3.05) is 18.4 Å². The van der Waals surface area contributed by atoms with E-state index in [2.05, 4.69) is 15.6 Å². The van der Waals surface area contributed by atoms with Crippen LogP contribution in [-0.2, 0) is 16.1 Å². The van der Waals surface area contributed by atoms with Crippen molar-refractivity contribution in [3.8, 4) is 0 Å². The van der Waals surface area contributed by atoms with Crippen molar-refractivity contribution in [3.63, 3.8) is 0 Å². The van der Waals surface area contributed by atoms with Crippen LogP contribution < -0.4 is 10.6 Å². The summed E-state index contributed by atoms with van der Waals surface area (Å²) in [6.45, 7) is 3.05. The molecule has 5 nitrogen and oxygen atoms in total. The van der Waals surface area contributed by atoms with Gasteiger partial charge in [-0.3, -0.25) is 4.79 Å². The molecule has 1 aromatic heterocycles. The minimum absolute atomic E-state index is 0.164. The Balaban J connectivity index is 1.67. The minimum atomic E-state index is -0.526. The van der Waals surface area contributed by atoms with Gasteiger partial charge in [-0.1, -0.05) is 53.5 Å². The smallest absolute Gasteiger partial charge is 0.248 e. The Kier molecular flexibility index (Phi) is 7.31. The van der Waals surface area contributed by atoms with Crippen molar-refractivity contribution < 1.29 is 9.53 Å².